The molecule has 0 heterocycles. The van der Waals surface area contributed by atoms with Crippen molar-refractivity contribution in [2.45, 2.75) is 6.42 Å². The van der Waals surface area contributed by atoms with Crippen LogP contribution in [0.4, 0.5) is 5.69 Å². The maximum absolute atomic E-state index is 12.5. The first kappa shape index (κ1) is 18.9. The van der Waals surface area contributed by atoms with Crippen molar-refractivity contribution in [2.75, 3.05) is 26.6 Å². The fourth-order valence-corrected chi connectivity index (χ4v) is 2.37. The number of carbonyl (C=O) groups is 2. The van der Waals surface area contributed by atoms with E-state index in [1.54, 1.807) is 0 Å². The number of carboxylic acid groups (broad SMARTS) is 1. The van der Waals surface area contributed by atoms with Crippen LogP contribution >= 0.6 is 0 Å². The summed E-state index contributed by atoms with van der Waals surface area (Å²) >= 11 is 0. The van der Waals surface area contributed by atoms with Crippen LogP contribution in [0.15, 0.2) is 30.3 Å². The van der Waals surface area contributed by atoms with Crippen LogP contribution in [0, 0.1) is 0 Å². The molecule has 2 aromatic rings. The number of aliphatic carboxylic acids is 1. The topological polar surface area (TPSA) is 114 Å². The first-order chi connectivity index (χ1) is 12.4. The zero-order valence-electron chi connectivity index (χ0n) is 14.5. The quantitative estimate of drug-likeness (QED) is 0.648. The summed E-state index contributed by atoms with van der Waals surface area (Å²) in [5.41, 5.74) is 0.750. The Labute approximate surface area is 149 Å². The van der Waals surface area contributed by atoms with Gasteiger partial charge in [0.05, 0.1) is 33.4 Å². The van der Waals surface area contributed by atoms with Gasteiger partial charge in [0, 0.05) is 5.56 Å². The van der Waals surface area contributed by atoms with E-state index < -0.39 is 11.9 Å². The number of phenolic OH excluding ortho intramolecular Hbond substituents is 1. The summed E-state index contributed by atoms with van der Waals surface area (Å²) in [6.45, 7) is 0. The minimum absolute atomic E-state index is 0.0995. The molecular formula is C18H19NO7. The lowest BCUT2D eigenvalue weighted by Gasteiger charge is -2.14. The third-order valence-corrected chi connectivity index (χ3v) is 3.59. The second-order valence-electron chi connectivity index (χ2n) is 5.29. The van der Waals surface area contributed by atoms with Crippen molar-refractivity contribution in [3.8, 4) is 23.0 Å². The SMILES string of the molecule is COc1cc(C(=O)Nc2cc(CC(=O)O)ccc2O)cc(OC)c1OC. The van der Waals surface area contributed by atoms with Crippen LogP contribution < -0.4 is 19.5 Å². The number of ether oxygens (including phenoxy) is 3. The van der Waals surface area contributed by atoms with E-state index in [9.17, 15) is 14.7 Å². The summed E-state index contributed by atoms with van der Waals surface area (Å²) in [5.74, 6) is -0.774. The van der Waals surface area contributed by atoms with E-state index in [0.717, 1.165) is 0 Å². The summed E-state index contributed by atoms with van der Waals surface area (Å²) in [7, 11) is 4.31. The number of phenols is 1. The molecule has 26 heavy (non-hydrogen) atoms. The number of hydrogen-bond donors (Lipinski definition) is 3. The summed E-state index contributed by atoms with van der Waals surface area (Å²) in [6, 6.07) is 7.13. The monoisotopic (exact) mass is 361 g/mol. The molecule has 1 amide bonds. The van der Waals surface area contributed by atoms with Crippen LogP contribution in [-0.2, 0) is 11.2 Å². The van der Waals surface area contributed by atoms with Crippen LogP contribution in [0.5, 0.6) is 23.0 Å². The molecule has 0 fully saturated rings. The first-order valence-electron chi connectivity index (χ1n) is 7.54. The van der Waals surface area contributed by atoms with Gasteiger partial charge in [-0.1, -0.05) is 6.07 Å². The number of carboxylic acids is 1. The minimum Gasteiger partial charge on any atom is -0.506 e. The van der Waals surface area contributed by atoms with Crippen LogP contribution in [-0.4, -0.2) is 43.4 Å². The number of hydrogen-bond acceptors (Lipinski definition) is 6. The average Bonchev–Trinajstić information content (AvgIpc) is 2.62. The van der Waals surface area contributed by atoms with Crippen molar-refractivity contribution in [2.24, 2.45) is 0 Å². The van der Waals surface area contributed by atoms with Crippen molar-refractivity contribution < 1.29 is 34.0 Å². The van der Waals surface area contributed by atoms with Crippen LogP contribution in [0.1, 0.15) is 15.9 Å². The molecule has 0 aliphatic rings. The molecule has 0 saturated heterocycles. The molecule has 2 aromatic carbocycles. The number of aromatic hydroxyl groups is 1. The highest BCUT2D eigenvalue weighted by atomic mass is 16.5. The lowest BCUT2D eigenvalue weighted by atomic mass is 10.1. The predicted molar refractivity (Wildman–Crippen MR) is 93.5 cm³/mol. The molecule has 138 valence electrons. The van der Waals surface area contributed by atoms with Crippen molar-refractivity contribution in [1.82, 2.24) is 0 Å². The third kappa shape index (κ3) is 4.15. The summed E-state index contributed by atoms with van der Waals surface area (Å²) < 4.78 is 15.6. The molecule has 0 unspecified atom stereocenters. The molecule has 8 nitrogen and oxygen atoms in total. The molecule has 0 atom stereocenters. The van der Waals surface area contributed by atoms with Crippen LogP contribution in [0.2, 0.25) is 0 Å². The summed E-state index contributed by atoms with van der Waals surface area (Å²) in [5, 5.41) is 21.3. The Hall–Kier alpha value is -3.42. The van der Waals surface area contributed by atoms with Gasteiger partial charge in [-0.2, -0.15) is 0 Å². The lowest BCUT2D eigenvalue weighted by molar-refractivity contribution is -0.136. The van der Waals surface area contributed by atoms with Gasteiger partial charge in [0.1, 0.15) is 5.75 Å². The highest BCUT2D eigenvalue weighted by Gasteiger charge is 2.18. The molecular weight excluding hydrogens is 342 g/mol. The lowest BCUT2D eigenvalue weighted by Crippen LogP contribution is -2.13. The van der Waals surface area contributed by atoms with E-state index in [4.69, 9.17) is 19.3 Å². The van der Waals surface area contributed by atoms with Gasteiger partial charge >= 0.3 is 5.97 Å². The van der Waals surface area contributed by atoms with Gasteiger partial charge in [-0.25, -0.2) is 0 Å². The molecule has 0 aromatic heterocycles. The highest BCUT2D eigenvalue weighted by molar-refractivity contribution is 6.05. The van der Waals surface area contributed by atoms with E-state index in [-0.39, 0.29) is 23.4 Å². The maximum atomic E-state index is 12.5. The van der Waals surface area contributed by atoms with Crippen LogP contribution in [0.3, 0.4) is 0 Å². The number of rotatable bonds is 7. The smallest absolute Gasteiger partial charge is 0.307 e. The molecule has 2 rings (SSSR count). The zero-order chi connectivity index (χ0) is 19.3. The third-order valence-electron chi connectivity index (χ3n) is 3.59. The van der Waals surface area contributed by atoms with Crippen molar-refractivity contribution >= 4 is 17.6 Å². The van der Waals surface area contributed by atoms with E-state index in [2.05, 4.69) is 5.32 Å². The highest BCUT2D eigenvalue weighted by Crippen LogP contribution is 2.38. The largest absolute Gasteiger partial charge is 0.506 e. The molecule has 0 bridgehead atoms. The number of anilines is 1. The van der Waals surface area contributed by atoms with E-state index in [0.29, 0.717) is 22.8 Å². The fraction of sp³-hybridized carbons (Fsp3) is 0.222. The Morgan fingerprint density at radius 3 is 2.12 bits per heavy atom. The Morgan fingerprint density at radius 1 is 1.00 bits per heavy atom. The molecule has 0 aliphatic heterocycles. The van der Waals surface area contributed by atoms with Crippen molar-refractivity contribution in [1.29, 1.82) is 0 Å². The second-order valence-corrected chi connectivity index (χ2v) is 5.29. The van der Waals surface area contributed by atoms with E-state index >= 15 is 0 Å². The van der Waals surface area contributed by atoms with E-state index in [1.165, 1.54) is 51.7 Å². The molecule has 0 aliphatic carbocycles. The van der Waals surface area contributed by atoms with Gasteiger partial charge in [-0.15, -0.1) is 0 Å². The Bertz CT molecular complexity index is 807. The van der Waals surface area contributed by atoms with Gasteiger partial charge in [-0.05, 0) is 29.8 Å². The maximum Gasteiger partial charge on any atom is 0.307 e. The average molecular weight is 361 g/mol. The van der Waals surface area contributed by atoms with E-state index in [1.807, 2.05) is 0 Å². The minimum atomic E-state index is -1.02. The summed E-state index contributed by atoms with van der Waals surface area (Å²) in [4.78, 5) is 23.4. The van der Waals surface area contributed by atoms with Gasteiger partial charge in [0.25, 0.3) is 5.91 Å². The Morgan fingerprint density at radius 2 is 1.62 bits per heavy atom. The molecule has 0 radical (unpaired) electrons. The Balaban J connectivity index is 2.34. The van der Waals surface area contributed by atoms with Gasteiger partial charge in [-0.3, -0.25) is 9.59 Å². The fourth-order valence-electron chi connectivity index (χ4n) is 2.37. The number of methoxy groups -OCH3 is 3. The van der Waals surface area contributed by atoms with Gasteiger partial charge in [0.15, 0.2) is 11.5 Å². The van der Waals surface area contributed by atoms with Crippen molar-refractivity contribution in [3.05, 3.63) is 41.5 Å². The zero-order valence-corrected chi connectivity index (χ0v) is 14.5. The normalized spacial score (nSPS) is 10.1. The number of nitrogens with one attached hydrogen (secondary N) is 1. The molecule has 8 heteroatoms. The number of benzene rings is 2. The predicted octanol–water partition coefficient (Wildman–Crippen LogP) is 2.30. The number of amides is 1. The standard InChI is InChI=1S/C18H19NO7/c1-24-14-8-11(9-15(25-2)17(14)26-3)18(23)19-12-6-10(7-16(21)22)4-5-13(12)20/h4-6,8-9,20H,7H2,1-3H3,(H,19,23)(H,21,22). The molecule has 0 saturated carbocycles. The summed E-state index contributed by atoms with van der Waals surface area (Å²) in [6.07, 6.45) is -0.229. The second kappa shape index (κ2) is 8.11. The molecule has 0 spiro atoms. The van der Waals surface area contributed by atoms with Gasteiger partial charge < -0.3 is 29.7 Å². The molecule has 3 N–H and O–H groups in total. The van der Waals surface area contributed by atoms with Gasteiger partial charge in [0.2, 0.25) is 5.75 Å². The van der Waals surface area contributed by atoms with Crippen molar-refractivity contribution in [3.63, 3.8) is 0 Å². The first-order valence-corrected chi connectivity index (χ1v) is 7.54. The van der Waals surface area contributed by atoms with Crippen LogP contribution in [0.25, 0.3) is 0 Å². The number of carbonyl (C=O) groups excluding carboxylic acids is 1. The Kier molecular flexibility index (Phi) is 5.90.